The number of nitrogens with one attached hydrogen (secondary N) is 1. The largest absolute Gasteiger partial charge is 0.465 e. The molecule has 0 saturated carbocycles. The first-order chi connectivity index (χ1) is 11.0. The Hall–Kier alpha value is -1.86. The van der Waals surface area contributed by atoms with Gasteiger partial charge in [0.25, 0.3) is 0 Å². The number of aryl methyl sites for hydroxylation is 1. The van der Waals surface area contributed by atoms with E-state index in [2.05, 4.69) is 31.0 Å². The highest BCUT2D eigenvalue weighted by Crippen LogP contribution is 2.20. The van der Waals surface area contributed by atoms with Crippen LogP contribution >= 0.6 is 27.7 Å². The quantitative estimate of drug-likeness (QED) is 0.618. The van der Waals surface area contributed by atoms with Crippen LogP contribution in [0.15, 0.2) is 46.0 Å². The lowest BCUT2D eigenvalue weighted by molar-refractivity contribution is -0.113. The van der Waals surface area contributed by atoms with Gasteiger partial charge in [0.2, 0.25) is 5.91 Å². The fraction of sp³-hybridized carbons (Fsp3) is 0.188. The summed E-state index contributed by atoms with van der Waals surface area (Å²) in [4.78, 5) is 27.8. The van der Waals surface area contributed by atoms with Crippen LogP contribution in [0.2, 0.25) is 0 Å². The molecule has 0 aliphatic rings. The fourth-order valence-corrected chi connectivity index (χ4v) is 2.65. The molecule has 0 bridgehead atoms. The van der Waals surface area contributed by atoms with Gasteiger partial charge < -0.3 is 10.1 Å². The zero-order valence-electron chi connectivity index (χ0n) is 12.6. The molecule has 1 aromatic carbocycles. The van der Waals surface area contributed by atoms with Gasteiger partial charge in [-0.05, 0) is 52.7 Å². The molecule has 0 saturated heterocycles. The maximum atomic E-state index is 12.1. The van der Waals surface area contributed by atoms with Crippen LogP contribution in [0.25, 0.3) is 0 Å². The molecule has 1 heterocycles. The summed E-state index contributed by atoms with van der Waals surface area (Å²) in [6.07, 6.45) is 1.68. The number of pyridine rings is 1. The van der Waals surface area contributed by atoms with Gasteiger partial charge in [-0.2, -0.15) is 0 Å². The maximum Gasteiger partial charge on any atom is 0.337 e. The number of carbonyl (C=O) groups excluding carboxylic acids is 2. The number of benzene rings is 1. The Bertz CT molecular complexity index is 720. The van der Waals surface area contributed by atoms with Gasteiger partial charge >= 0.3 is 5.97 Å². The van der Waals surface area contributed by atoms with Crippen molar-refractivity contribution in [3.8, 4) is 0 Å². The summed E-state index contributed by atoms with van der Waals surface area (Å²) >= 11 is 4.65. The summed E-state index contributed by atoms with van der Waals surface area (Å²) in [5, 5.41) is 3.57. The molecule has 0 radical (unpaired) electrons. The summed E-state index contributed by atoms with van der Waals surface area (Å²) in [5.74, 6) is -0.366. The number of nitrogens with zero attached hydrogens (tertiary/aromatic N) is 1. The van der Waals surface area contributed by atoms with Crippen LogP contribution in [0.4, 0.5) is 5.69 Å². The monoisotopic (exact) mass is 394 g/mol. The van der Waals surface area contributed by atoms with Crippen molar-refractivity contribution in [3.05, 3.63) is 52.1 Å². The number of hydrogen-bond acceptors (Lipinski definition) is 5. The Morgan fingerprint density at radius 1 is 1.30 bits per heavy atom. The molecule has 0 aliphatic carbocycles. The summed E-state index contributed by atoms with van der Waals surface area (Å²) in [6, 6.07) is 8.76. The van der Waals surface area contributed by atoms with Gasteiger partial charge in [-0.15, -0.1) is 0 Å². The summed E-state index contributed by atoms with van der Waals surface area (Å²) in [6.45, 7) is 1.86. The molecule has 0 fully saturated rings. The molecule has 0 aliphatic heterocycles. The molecule has 5 nitrogen and oxygen atoms in total. The molecule has 23 heavy (non-hydrogen) atoms. The minimum atomic E-state index is -0.436. The van der Waals surface area contributed by atoms with Crippen LogP contribution in [0.3, 0.4) is 0 Å². The number of rotatable bonds is 5. The predicted octanol–water partition coefficient (Wildman–Crippen LogP) is 3.67. The third-order valence-corrected chi connectivity index (χ3v) is 4.40. The number of halogens is 1. The highest BCUT2D eigenvalue weighted by atomic mass is 79.9. The molecule has 2 aromatic rings. The van der Waals surface area contributed by atoms with E-state index in [1.807, 2.05) is 19.1 Å². The molecule has 2 rings (SSSR count). The van der Waals surface area contributed by atoms with E-state index in [0.29, 0.717) is 11.3 Å². The highest BCUT2D eigenvalue weighted by molar-refractivity contribution is 9.10. The van der Waals surface area contributed by atoms with Gasteiger partial charge in [-0.25, -0.2) is 9.78 Å². The minimum Gasteiger partial charge on any atom is -0.465 e. The van der Waals surface area contributed by atoms with Crippen LogP contribution in [-0.4, -0.2) is 29.7 Å². The summed E-state index contributed by atoms with van der Waals surface area (Å²) in [7, 11) is 1.32. The predicted molar refractivity (Wildman–Crippen MR) is 93.8 cm³/mol. The van der Waals surface area contributed by atoms with Crippen LogP contribution < -0.4 is 5.32 Å². The van der Waals surface area contributed by atoms with Gasteiger partial charge in [0.1, 0.15) is 0 Å². The first kappa shape index (κ1) is 17.5. The van der Waals surface area contributed by atoms with Crippen molar-refractivity contribution in [2.24, 2.45) is 0 Å². The number of ether oxygens (including phenoxy) is 1. The van der Waals surface area contributed by atoms with Crippen molar-refractivity contribution < 1.29 is 14.3 Å². The van der Waals surface area contributed by atoms with Crippen LogP contribution in [0, 0.1) is 6.92 Å². The van der Waals surface area contributed by atoms with Crippen LogP contribution in [0.5, 0.6) is 0 Å². The molecule has 0 unspecified atom stereocenters. The van der Waals surface area contributed by atoms with Crippen LogP contribution in [-0.2, 0) is 9.53 Å². The zero-order chi connectivity index (χ0) is 16.8. The first-order valence-electron chi connectivity index (χ1n) is 6.73. The molecule has 1 aromatic heterocycles. The molecular weight excluding hydrogens is 380 g/mol. The first-order valence-corrected chi connectivity index (χ1v) is 8.50. The normalized spacial score (nSPS) is 10.2. The van der Waals surface area contributed by atoms with Crippen molar-refractivity contribution in [2.75, 3.05) is 18.2 Å². The molecule has 1 amide bonds. The van der Waals surface area contributed by atoms with Gasteiger partial charge in [-0.3, -0.25) is 4.79 Å². The number of thioether (sulfide) groups is 1. The Morgan fingerprint density at radius 3 is 2.74 bits per heavy atom. The van der Waals surface area contributed by atoms with E-state index in [0.717, 1.165) is 15.1 Å². The molecule has 7 heteroatoms. The number of carbonyl (C=O) groups is 2. The molecular formula is C16H15BrN2O3S. The Labute approximate surface area is 147 Å². The maximum absolute atomic E-state index is 12.1. The van der Waals surface area contributed by atoms with Crippen molar-refractivity contribution in [1.29, 1.82) is 0 Å². The summed E-state index contributed by atoms with van der Waals surface area (Å²) in [5.41, 5.74) is 1.87. The highest BCUT2D eigenvalue weighted by Gasteiger charge is 2.11. The SMILES string of the molecule is COC(=O)c1ccc(C)c(NC(=O)CSc2ccc(Br)cn2)c1. The lowest BCUT2D eigenvalue weighted by Crippen LogP contribution is -2.15. The van der Waals surface area contributed by atoms with E-state index in [1.165, 1.54) is 18.9 Å². The Morgan fingerprint density at radius 2 is 2.09 bits per heavy atom. The number of hydrogen-bond donors (Lipinski definition) is 1. The third-order valence-electron chi connectivity index (χ3n) is 2.98. The molecule has 0 atom stereocenters. The average Bonchev–Trinajstić information content (AvgIpc) is 2.55. The van der Waals surface area contributed by atoms with E-state index in [9.17, 15) is 9.59 Å². The second-order valence-electron chi connectivity index (χ2n) is 4.67. The number of amides is 1. The minimum absolute atomic E-state index is 0.162. The van der Waals surface area contributed by atoms with E-state index in [1.54, 1.807) is 24.4 Å². The van der Waals surface area contributed by atoms with Gasteiger partial charge in [0.05, 0.1) is 23.5 Å². The average molecular weight is 395 g/mol. The van der Waals surface area contributed by atoms with Crippen molar-refractivity contribution >= 4 is 45.3 Å². The molecule has 0 spiro atoms. The number of anilines is 1. The zero-order valence-corrected chi connectivity index (χ0v) is 15.0. The van der Waals surface area contributed by atoms with E-state index >= 15 is 0 Å². The third kappa shape index (κ3) is 5.07. The van der Waals surface area contributed by atoms with Gasteiger partial charge in [-0.1, -0.05) is 17.8 Å². The van der Waals surface area contributed by atoms with Gasteiger partial charge in [0.15, 0.2) is 0 Å². The summed E-state index contributed by atoms with van der Waals surface area (Å²) < 4.78 is 5.57. The number of aromatic nitrogens is 1. The van der Waals surface area contributed by atoms with Crippen molar-refractivity contribution in [2.45, 2.75) is 11.9 Å². The van der Waals surface area contributed by atoms with Crippen molar-refractivity contribution in [1.82, 2.24) is 4.98 Å². The standard InChI is InChI=1S/C16H15BrN2O3S/c1-10-3-4-11(16(21)22-2)7-13(10)19-14(20)9-23-15-6-5-12(17)8-18-15/h3-8H,9H2,1-2H3,(H,19,20). The molecule has 120 valence electrons. The smallest absolute Gasteiger partial charge is 0.337 e. The van der Waals surface area contributed by atoms with E-state index in [-0.39, 0.29) is 11.7 Å². The van der Waals surface area contributed by atoms with E-state index < -0.39 is 5.97 Å². The van der Waals surface area contributed by atoms with Crippen LogP contribution in [0.1, 0.15) is 15.9 Å². The second kappa shape index (κ2) is 8.12. The topological polar surface area (TPSA) is 68.3 Å². The Kier molecular flexibility index (Phi) is 6.18. The van der Waals surface area contributed by atoms with E-state index in [4.69, 9.17) is 0 Å². The molecule has 1 N–H and O–H groups in total. The Balaban J connectivity index is 1.99. The number of esters is 1. The van der Waals surface area contributed by atoms with Crippen molar-refractivity contribution in [3.63, 3.8) is 0 Å². The number of methoxy groups -OCH3 is 1. The van der Waals surface area contributed by atoms with Gasteiger partial charge in [0, 0.05) is 16.4 Å². The second-order valence-corrected chi connectivity index (χ2v) is 6.58. The fourth-order valence-electron chi connectivity index (χ4n) is 1.77. The lowest BCUT2D eigenvalue weighted by atomic mass is 10.1. The lowest BCUT2D eigenvalue weighted by Gasteiger charge is -2.10.